The highest BCUT2D eigenvalue weighted by Crippen LogP contribution is 1.94. The van der Waals surface area contributed by atoms with Crippen molar-refractivity contribution in [2.45, 2.75) is 46.0 Å². The molecule has 0 bridgehead atoms. The van der Waals surface area contributed by atoms with Crippen LogP contribution in [0.5, 0.6) is 0 Å². The summed E-state index contributed by atoms with van der Waals surface area (Å²) in [5.41, 5.74) is 0. The minimum Gasteiger partial charge on any atom is -0.349 e. The monoisotopic (exact) mass is 185 g/mol. The van der Waals surface area contributed by atoms with E-state index >= 15 is 0 Å². The summed E-state index contributed by atoms with van der Waals surface area (Å²) in [6.07, 6.45) is 3.87. The van der Waals surface area contributed by atoms with E-state index in [4.69, 9.17) is 0 Å². The summed E-state index contributed by atoms with van der Waals surface area (Å²) < 4.78 is 0. The molecule has 0 fully saturated rings. The molecular formula is C10H19NO2. The highest BCUT2D eigenvalue weighted by Gasteiger charge is 2.03. The summed E-state index contributed by atoms with van der Waals surface area (Å²) in [6, 6.07) is 0. The Labute approximate surface area is 79.9 Å². The smallest absolute Gasteiger partial charge is 0.220 e. The molecule has 1 N–H and O–H groups in total. The first-order valence-corrected chi connectivity index (χ1v) is 4.99. The number of hydrogen-bond acceptors (Lipinski definition) is 2. The van der Waals surface area contributed by atoms with Gasteiger partial charge in [-0.05, 0) is 12.8 Å². The third-order valence-corrected chi connectivity index (χ3v) is 1.77. The van der Waals surface area contributed by atoms with Crippen molar-refractivity contribution in [3.05, 3.63) is 0 Å². The highest BCUT2D eigenvalue weighted by atomic mass is 16.2. The van der Waals surface area contributed by atoms with Gasteiger partial charge in [-0.1, -0.05) is 20.3 Å². The molecule has 0 aromatic rings. The Hall–Kier alpha value is -0.860. The van der Waals surface area contributed by atoms with Crippen molar-refractivity contribution < 1.29 is 9.59 Å². The van der Waals surface area contributed by atoms with Crippen molar-refractivity contribution in [3.8, 4) is 0 Å². The van der Waals surface area contributed by atoms with Gasteiger partial charge in [0, 0.05) is 12.8 Å². The lowest BCUT2D eigenvalue weighted by atomic mass is 10.2. The summed E-state index contributed by atoms with van der Waals surface area (Å²) in [6.45, 7) is 4.19. The molecule has 76 valence electrons. The number of carbonyl (C=O) groups is 2. The Morgan fingerprint density at radius 2 is 1.77 bits per heavy atom. The van der Waals surface area contributed by atoms with Crippen LogP contribution in [0, 0.1) is 0 Å². The molecule has 0 aromatic carbocycles. The maximum atomic E-state index is 11.1. The molecule has 1 amide bonds. The molecule has 0 aliphatic heterocycles. The van der Waals surface area contributed by atoms with Gasteiger partial charge in [0.25, 0.3) is 0 Å². The average molecular weight is 185 g/mol. The van der Waals surface area contributed by atoms with E-state index in [-0.39, 0.29) is 18.2 Å². The number of nitrogens with one attached hydrogen (secondary N) is 1. The van der Waals surface area contributed by atoms with Crippen LogP contribution in [-0.2, 0) is 9.59 Å². The Balaban J connectivity index is 3.40. The van der Waals surface area contributed by atoms with E-state index in [1.807, 2.05) is 13.8 Å². The van der Waals surface area contributed by atoms with Crippen LogP contribution in [0.1, 0.15) is 46.0 Å². The van der Waals surface area contributed by atoms with E-state index in [1.54, 1.807) is 0 Å². The van der Waals surface area contributed by atoms with Crippen molar-refractivity contribution in [1.82, 2.24) is 5.32 Å². The summed E-state index contributed by atoms with van der Waals surface area (Å²) in [4.78, 5) is 22.1. The predicted octanol–water partition coefficient (Wildman–Crippen LogP) is 1.66. The van der Waals surface area contributed by atoms with E-state index in [0.717, 1.165) is 19.3 Å². The molecule has 3 heteroatoms. The van der Waals surface area contributed by atoms with Crippen LogP contribution in [0.2, 0.25) is 0 Å². The standard InChI is InChI=1S/C10H19NO2/c1-3-5-7-9(12)8-11-10(13)6-4-2/h3-8H2,1-2H3,(H,11,13). The summed E-state index contributed by atoms with van der Waals surface area (Å²) in [5.74, 6) is 0.110. The van der Waals surface area contributed by atoms with E-state index in [2.05, 4.69) is 5.32 Å². The third-order valence-electron chi connectivity index (χ3n) is 1.77. The van der Waals surface area contributed by atoms with Crippen LogP contribution >= 0.6 is 0 Å². The topological polar surface area (TPSA) is 46.2 Å². The quantitative estimate of drug-likeness (QED) is 0.655. The highest BCUT2D eigenvalue weighted by molar-refractivity contribution is 5.85. The summed E-state index contributed by atoms with van der Waals surface area (Å²) >= 11 is 0. The first kappa shape index (κ1) is 12.1. The molecule has 0 unspecified atom stereocenters. The molecule has 13 heavy (non-hydrogen) atoms. The maximum absolute atomic E-state index is 11.1. The van der Waals surface area contributed by atoms with Gasteiger partial charge in [0.15, 0.2) is 5.78 Å². The lowest BCUT2D eigenvalue weighted by Crippen LogP contribution is -2.28. The molecule has 0 aliphatic rings. The van der Waals surface area contributed by atoms with E-state index in [1.165, 1.54) is 0 Å². The number of ketones is 1. The van der Waals surface area contributed by atoms with E-state index in [0.29, 0.717) is 12.8 Å². The van der Waals surface area contributed by atoms with Crippen molar-refractivity contribution in [1.29, 1.82) is 0 Å². The fraction of sp³-hybridized carbons (Fsp3) is 0.800. The molecule has 0 saturated heterocycles. The molecule has 0 spiro atoms. The molecule has 3 nitrogen and oxygen atoms in total. The zero-order valence-corrected chi connectivity index (χ0v) is 8.56. The van der Waals surface area contributed by atoms with Gasteiger partial charge >= 0.3 is 0 Å². The van der Waals surface area contributed by atoms with E-state index in [9.17, 15) is 9.59 Å². The Kier molecular flexibility index (Phi) is 7.26. The van der Waals surface area contributed by atoms with Crippen molar-refractivity contribution in [3.63, 3.8) is 0 Å². The van der Waals surface area contributed by atoms with Gasteiger partial charge in [0.1, 0.15) is 0 Å². The number of amides is 1. The minimum absolute atomic E-state index is 0.0210. The van der Waals surface area contributed by atoms with Crippen LogP contribution in [-0.4, -0.2) is 18.2 Å². The molecule has 0 aliphatic carbocycles. The first-order chi connectivity index (χ1) is 6.20. The molecule has 0 heterocycles. The largest absolute Gasteiger partial charge is 0.349 e. The minimum atomic E-state index is -0.0210. The van der Waals surface area contributed by atoms with Crippen molar-refractivity contribution >= 4 is 11.7 Å². The van der Waals surface area contributed by atoms with Gasteiger partial charge in [0.05, 0.1) is 6.54 Å². The fourth-order valence-corrected chi connectivity index (χ4v) is 0.975. The lowest BCUT2D eigenvalue weighted by Gasteiger charge is -2.02. The predicted molar refractivity (Wildman–Crippen MR) is 52.4 cm³/mol. The van der Waals surface area contributed by atoms with Gasteiger partial charge in [-0.2, -0.15) is 0 Å². The van der Waals surface area contributed by atoms with Crippen LogP contribution < -0.4 is 5.32 Å². The Morgan fingerprint density at radius 3 is 2.31 bits per heavy atom. The van der Waals surface area contributed by atoms with Gasteiger partial charge in [0.2, 0.25) is 5.91 Å². The van der Waals surface area contributed by atoms with Crippen LogP contribution in [0.4, 0.5) is 0 Å². The van der Waals surface area contributed by atoms with E-state index < -0.39 is 0 Å². The Bertz CT molecular complexity index is 166. The van der Waals surface area contributed by atoms with Gasteiger partial charge < -0.3 is 5.32 Å². The van der Waals surface area contributed by atoms with Crippen LogP contribution in [0.3, 0.4) is 0 Å². The Morgan fingerprint density at radius 1 is 1.08 bits per heavy atom. The number of rotatable bonds is 7. The molecule has 0 saturated carbocycles. The lowest BCUT2D eigenvalue weighted by molar-refractivity contribution is -0.125. The third kappa shape index (κ3) is 7.50. The number of carbonyl (C=O) groups excluding carboxylic acids is 2. The SMILES string of the molecule is CCCCC(=O)CNC(=O)CCC. The molecular weight excluding hydrogens is 166 g/mol. The second-order valence-corrected chi connectivity index (χ2v) is 3.17. The second kappa shape index (κ2) is 7.77. The van der Waals surface area contributed by atoms with Crippen molar-refractivity contribution in [2.24, 2.45) is 0 Å². The van der Waals surface area contributed by atoms with Crippen LogP contribution in [0.25, 0.3) is 0 Å². The van der Waals surface area contributed by atoms with Crippen LogP contribution in [0.15, 0.2) is 0 Å². The molecule has 0 radical (unpaired) electrons. The van der Waals surface area contributed by atoms with Gasteiger partial charge in [-0.15, -0.1) is 0 Å². The zero-order chi connectivity index (χ0) is 10.1. The number of hydrogen-bond donors (Lipinski definition) is 1. The number of Topliss-reactive ketones (excluding diaryl/α,β-unsaturated/α-hetero) is 1. The first-order valence-electron chi connectivity index (χ1n) is 4.99. The maximum Gasteiger partial charge on any atom is 0.220 e. The molecule has 0 aromatic heterocycles. The number of unbranched alkanes of at least 4 members (excludes halogenated alkanes) is 1. The normalized spacial score (nSPS) is 9.69. The van der Waals surface area contributed by atoms with Gasteiger partial charge in [-0.25, -0.2) is 0 Å². The summed E-state index contributed by atoms with van der Waals surface area (Å²) in [5, 5.41) is 2.60. The molecule has 0 atom stereocenters. The zero-order valence-electron chi connectivity index (χ0n) is 8.56. The molecule has 0 rings (SSSR count). The average Bonchev–Trinajstić information content (AvgIpc) is 2.12. The summed E-state index contributed by atoms with van der Waals surface area (Å²) in [7, 11) is 0. The fourth-order valence-electron chi connectivity index (χ4n) is 0.975. The second-order valence-electron chi connectivity index (χ2n) is 3.17. The van der Waals surface area contributed by atoms with Gasteiger partial charge in [-0.3, -0.25) is 9.59 Å². The van der Waals surface area contributed by atoms with Crippen molar-refractivity contribution in [2.75, 3.05) is 6.54 Å².